The van der Waals surface area contributed by atoms with Gasteiger partial charge in [0.2, 0.25) is 0 Å². The van der Waals surface area contributed by atoms with Crippen LogP contribution in [0.3, 0.4) is 0 Å². The van der Waals surface area contributed by atoms with Gasteiger partial charge < -0.3 is 10.0 Å². The summed E-state index contributed by atoms with van der Waals surface area (Å²) in [5.74, 6) is 1.67. The summed E-state index contributed by atoms with van der Waals surface area (Å²) in [6, 6.07) is 10.1. The monoisotopic (exact) mass is 283 g/mol. The van der Waals surface area contributed by atoms with Crippen LogP contribution in [0.15, 0.2) is 41.1 Å². The number of rotatable bonds is 2. The molecule has 1 aliphatic heterocycles. The third-order valence-corrected chi connectivity index (χ3v) is 4.21. The molecule has 4 rings (SSSR count). The highest BCUT2D eigenvalue weighted by molar-refractivity contribution is 7.08. The summed E-state index contributed by atoms with van der Waals surface area (Å²) < 4.78 is 0. The first-order chi connectivity index (χ1) is 9.81. The molecule has 0 aliphatic carbocycles. The molecule has 0 unspecified atom stereocenters. The fourth-order valence-electron chi connectivity index (χ4n) is 2.45. The Morgan fingerprint density at radius 3 is 2.75 bits per heavy atom. The molecule has 5 heteroatoms. The summed E-state index contributed by atoms with van der Waals surface area (Å²) in [5.41, 5.74) is 1.99. The first kappa shape index (κ1) is 11.8. The van der Waals surface area contributed by atoms with Crippen LogP contribution in [0.1, 0.15) is 0 Å². The molecule has 0 atom stereocenters. The van der Waals surface area contributed by atoms with Gasteiger partial charge in [-0.05, 0) is 23.6 Å². The standard InChI is InChI=1S/C15H13N3OS/c19-11-7-18(8-11)15-12-3-1-2-4-13(12)16-14(17-15)10-5-6-20-9-10/h1-6,9,11,19H,7-8H2. The number of β-amino-alcohol motifs (C(OH)–C–C–N with tert-alkyl or cyclic N) is 1. The quantitative estimate of drug-likeness (QED) is 0.785. The molecule has 4 nitrogen and oxygen atoms in total. The Labute approximate surface area is 120 Å². The van der Waals surface area contributed by atoms with Crippen molar-refractivity contribution >= 4 is 28.1 Å². The van der Waals surface area contributed by atoms with E-state index in [1.54, 1.807) is 11.3 Å². The van der Waals surface area contributed by atoms with Gasteiger partial charge in [-0.15, -0.1) is 0 Å². The summed E-state index contributed by atoms with van der Waals surface area (Å²) in [4.78, 5) is 11.5. The number of para-hydroxylation sites is 1. The first-order valence-electron chi connectivity index (χ1n) is 6.53. The molecule has 1 saturated heterocycles. The number of aliphatic hydroxyl groups is 1. The molecule has 1 aromatic carbocycles. The number of benzene rings is 1. The lowest BCUT2D eigenvalue weighted by Gasteiger charge is -2.37. The summed E-state index contributed by atoms with van der Waals surface area (Å²) in [6.07, 6.45) is -0.242. The number of hydrogen-bond donors (Lipinski definition) is 1. The molecule has 0 bridgehead atoms. The molecule has 1 N–H and O–H groups in total. The van der Waals surface area contributed by atoms with Gasteiger partial charge in [0.05, 0.1) is 11.6 Å². The molecule has 100 valence electrons. The van der Waals surface area contributed by atoms with Gasteiger partial charge in [0.1, 0.15) is 5.82 Å². The number of nitrogens with zero attached hydrogens (tertiary/aromatic N) is 3. The van der Waals surface area contributed by atoms with E-state index in [4.69, 9.17) is 4.98 Å². The second-order valence-corrected chi connectivity index (χ2v) is 5.74. The van der Waals surface area contributed by atoms with E-state index in [-0.39, 0.29) is 6.10 Å². The minimum absolute atomic E-state index is 0.242. The third kappa shape index (κ3) is 1.87. The minimum atomic E-state index is -0.242. The molecule has 20 heavy (non-hydrogen) atoms. The lowest BCUT2D eigenvalue weighted by molar-refractivity contribution is 0.141. The van der Waals surface area contributed by atoms with E-state index in [1.807, 2.05) is 35.7 Å². The summed E-state index contributed by atoms with van der Waals surface area (Å²) in [6.45, 7) is 1.29. The van der Waals surface area contributed by atoms with Crippen LogP contribution in [0.4, 0.5) is 5.82 Å². The molecule has 1 aliphatic rings. The molecule has 0 radical (unpaired) electrons. The van der Waals surface area contributed by atoms with Crippen LogP contribution >= 0.6 is 11.3 Å². The molecular formula is C15H13N3OS. The van der Waals surface area contributed by atoms with Crippen LogP contribution < -0.4 is 4.90 Å². The van der Waals surface area contributed by atoms with Gasteiger partial charge in [-0.3, -0.25) is 0 Å². The van der Waals surface area contributed by atoms with Gasteiger partial charge in [0, 0.05) is 29.4 Å². The van der Waals surface area contributed by atoms with E-state index in [9.17, 15) is 5.11 Å². The Balaban J connectivity index is 1.90. The zero-order valence-corrected chi connectivity index (χ0v) is 11.5. The van der Waals surface area contributed by atoms with Gasteiger partial charge in [-0.1, -0.05) is 12.1 Å². The van der Waals surface area contributed by atoms with E-state index >= 15 is 0 Å². The predicted molar refractivity (Wildman–Crippen MR) is 81.1 cm³/mol. The van der Waals surface area contributed by atoms with E-state index in [2.05, 4.69) is 15.3 Å². The van der Waals surface area contributed by atoms with Crippen molar-refractivity contribution in [1.29, 1.82) is 0 Å². The van der Waals surface area contributed by atoms with Crippen molar-refractivity contribution in [1.82, 2.24) is 9.97 Å². The largest absolute Gasteiger partial charge is 0.389 e. The van der Waals surface area contributed by atoms with E-state index in [1.165, 1.54) is 0 Å². The number of hydrogen-bond acceptors (Lipinski definition) is 5. The van der Waals surface area contributed by atoms with E-state index in [0.717, 1.165) is 28.1 Å². The van der Waals surface area contributed by atoms with Crippen molar-refractivity contribution < 1.29 is 5.11 Å². The lowest BCUT2D eigenvalue weighted by Crippen LogP contribution is -2.51. The number of fused-ring (bicyclic) bond motifs is 1. The average molecular weight is 283 g/mol. The second-order valence-electron chi connectivity index (χ2n) is 4.96. The maximum Gasteiger partial charge on any atom is 0.162 e. The highest BCUT2D eigenvalue weighted by Crippen LogP contribution is 2.30. The summed E-state index contributed by atoms with van der Waals surface area (Å²) in [7, 11) is 0. The minimum Gasteiger partial charge on any atom is -0.389 e. The number of anilines is 1. The molecular weight excluding hydrogens is 270 g/mol. The van der Waals surface area contributed by atoms with Crippen LogP contribution in [-0.2, 0) is 0 Å². The van der Waals surface area contributed by atoms with Crippen LogP contribution in [0.25, 0.3) is 22.3 Å². The highest BCUT2D eigenvalue weighted by atomic mass is 32.1. The Kier molecular flexibility index (Phi) is 2.68. The van der Waals surface area contributed by atoms with Gasteiger partial charge in [-0.2, -0.15) is 11.3 Å². The Bertz CT molecular complexity index is 751. The van der Waals surface area contributed by atoms with Gasteiger partial charge in [0.15, 0.2) is 5.82 Å². The van der Waals surface area contributed by atoms with Crippen LogP contribution in [0.2, 0.25) is 0 Å². The molecule has 3 heterocycles. The number of aromatic nitrogens is 2. The van der Waals surface area contributed by atoms with Crippen LogP contribution in [0, 0.1) is 0 Å². The normalized spacial score (nSPS) is 15.6. The maximum atomic E-state index is 9.52. The first-order valence-corrected chi connectivity index (χ1v) is 7.48. The SMILES string of the molecule is OC1CN(c2nc(-c3ccsc3)nc3ccccc23)C1. The van der Waals surface area contributed by atoms with Crippen molar-refractivity contribution in [2.75, 3.05) is 18.0 Å². The fraction of sp³-hybridized carbons (Fsp3) is 0.200. The van der Waals surface area contributed by atoms with E-state index < -0.39 is 0 Å². The second kappa shape index (κ2) is 4.54. The smallest absolute Gasteiger partial charge is 0.162 e. The molecule has 0 saturated carbocycles. The van der Waals surface area contributed by atoms with Gasteiger partial charge in [0.25, 0.3) is 0 Å². The van der Waals surface area contributed by atoms with Crippen LogP contribution in [-0.4, -0.2) is 34.3 Å². The Hall–Kier alpha value is -1.98. The van der Waals surface area contributed by atoms with Crippen molar-refractivity contribution in [3.63, 3.8) is 0 Å². The van der Waals surface area contributed by atoms with Crippen molar-refractivity contribution in [3.8, 4) is 11.4 Å². The molecule has 0 spiro atoms. The molecule has 3 aromatic rings. The van der Waals surface area contributed by atoms with Gasteiger partial charge in [-0.25, -0.2) is 9.97 Å². The maximum absolute atomic E-state index is 9.52. The molecule has 2 aromatic heterocycles. The highest BCUT2D eigenvalue weighted by Gasteiger charge is 2.27. The van der Waals surface area contributed by atoms with E-state index in [0.29, 0.717) is 13.1 Å². The zero-order valence-electron chi connectivity index (χ0n) is 10.7. The number of thiophene rings is 1. The Morgan fingerprint density at radius 2 is 2.00 bits per heavy atom. The molecule has 0 amide bonds. The van der Waals surface area contributed by atoms with Crippen molar-refractivity contribution in [3.05, 3.63) is 41.1 Å². The van der Waals surface area contributed by atoms with Crippen molar-refractivity contribution in [2.45, 2.75) is 6.10 Å². The van der Waals surface area contributed by atoms with Crippen molar-refractivity contribution in [2.24, 2.45) is 0 Å². The fourth-order valence-corrected chi connectivity index (χ4v) is 3.08. The molecule has 1 fully saturated rings. The lowest BCUT2D eigenvalue weighted by atomic mass is 10.1. The average Bonchev–Trinajstić information content (AvgIpc) is 2.97. The Morgan fingerprint density at radius 1 is 1.15 bits per heavy atom. The van der Waals surface area contributed by atoms with Crippen LogP contribution in [0.5, 0.6) is 0 Å². The van der Waals surface area contributed by atoms with Gasteiger partial charge >= 0.3 is 0 Å². The summed E-state index contributed by atoms with van der Waals surface area (Å²) >= 11 is 1.64. The topological polar surface area (TPSA) is 49.2 Å². The zero-order chi connectivity index (χ0) is 13.5. The number of aliphatic hydroxyl groups excluding tert-OH is 1. The third-order valence-electron chi connectivity index (χ3n) is 3.52. The predicted octanol–water partition coefficient (Wildman–Crippen LogP) is 2.54. The summed E-state index contributed by atoms with van der Waals surface area (Å²) in [5, 5.41) is 14.6.